The van der Waals surface area contributed by atoms with Crippen molar-refractivity contribution in [2.75, 3.05) is 13.2 Å². The Balaban J connectivity index is 3.88. The van der Waals surface area contributed by atoms with Gasteiger partial charge < -0.3 is 19.3 Å². The summed E-state index contributed by atoms with van der Waals surface area (Å²) in [6.45, 7) is 3.33. The maximum Gasteiger partial charge on any atom is 0.469 e. The number of rotatable bonds is 26. The second-order valence-corrected chi connectivity index (χ2v) is 11.0. The fraction of sp³-hybridized carbons (Fsp3) is 0.733. The van der Waals surface area contributed by atoms with Gasteiger partial charge in [0.05, 0.1) is 6.61 Å². The number of ether oxygens (including phenoxy) is 2. The Morgan fingerprint density at radius 2 is 1.18 bits per heavy atom. The van der Waals surface area contributed by atoms with Crippen molar-refractivity contribution in [1.82, 2.24) is 0 Å². The molecule has 0 aromatic heterocycles. The minimum atomic E-state index is -4.73. The van der Waals surface area contributed by atoms with Crippen LogP contribution in [0.25, 0.3) is 0 Å². The second kappa shape index (κ2) is 26.5. The van der Waals surface area contributed by atoms with E-state index < -0.39 is 32.5 Å². The van der Waals surface area contributed by atoms with Crippen molar-refractivity contribution < 1.29 is 37.9 Å². The number of allylic oxidation sites excluding steroid dienone is 6. The van der Waals surface area contributed by atoms with Crippen LogP contribution in [0.15, 0.2) is 36.5 Å². The van der Waals surface area contributed by atoms with Crippen molar-refractivity contribution in [1.29, 1.82) is 0 Å². The van der Waals surface area contributed by atoms with Crippen LogP contribution in [0.4, 0.5) is 0 Å². The van der Waals surface area contributed by atoms with Crippen LogP contribution in [0.5, 0.6) is 0 Å². The quantitative estimate of drug-likeness (QED) is 0.0465. The van der Waals surface area contributed by atoms with E-state index in [1.807, 2.05) is 6.92 Å². The third kappa shape index (κ3) is 29.1. The molecule has 0 heterocycles. The fourth-order valence-corrected chi connectivity index (χ4v) is 4.01. The SMILES string of the molecule is CCCCC/C=C\C/C=C\C/C=C\CCCCCCCCC(=O)OC(COC(=O)CCCC)COP(=O)(O)O. The molecule has 0 aromatic rings. The smallest absolute Gasteiger partial charge is 0.462 e. The zero-order valence-electron chi connectivity index (χ0n) is 24.3. The van der Waals surface area contributed by atoms with Gasteiger partial charge in [0.2, 0.25) is 0 Å². The number of phosphoric acid groups is 1. The van der Waals surface area contributed by atoms with Gasteiger partial charge >= 0.3 is 19.8 Å². The largest absolute Gasteiger partial charge is 0.469 e. The molecule has 0 aromatic carbocycles. The van der Waals surface area contributed by atoms with Gasteiger partial charge in [-0.15, -0.1) is 0 Å². The highest BCUT2D eigenvalue weighted by Gasteiger charge is 2.22. The zero-order chi connectivity index (χ0) is 29.0. The minimum absolute atomic E-state index is 0.196. The van der Waals surface area contributed by atoms with Crippen LogP contribution in [0.2, 0.25) is 0 Å². The summed E-state index contributed by atoms with van der Waals surface area (Å²) in [6, 6.07) is 0. The molecule has 39 heavy (non-hydrogen) atoms. The Hall–Kier alpha value is -1.73. The van der Waals surface area contributed by atoms with Gasteiger partial charge in [-0.1, -0.05) is 95.2 Å². The van der Waals surface area contributed by atoms with Crippen molar-refractivity contribution in [2.45, 2.75) is 129 Å². The van der Waals surface area contributed by atoms with Gasteiger partial charge in [0.15, 0.2) is 6.10 Å². The van der Waals surface area contributed by atoms with E-state index in [2.05, 4.69) is 47.9 Å². The standard InChI is InChI=1S/C30H53O8P/c1-3-5-7-8-9-10-11-12-13-14-15-16-17-18-19-20-21-22-23-25-30(32)38-28(27-37-39(33,34)35)26-36-29(31)24-6-4-2/h9-10,12-13,15-16,28H,3-8,11,14,17-27H2,1-2H3,(H2,33,34,35)/b10-9-,13-12-,16-15-. The topological polar surface area (TPSA) is 119 Å². The van der Waals surface area contributed by atoms with Crippen molar-refractivity contribution in [3.05, 3.63) is 36.5 Å². The van der Waals surface area contributed by atoms with Crippen molar-refractivity contribution >= 4 is 19.8 Å². The number of carbonyl (C=O) groups is 2. The van der Waals surface area contributed by atoms with E-state index >= 15 is 0 Å². The van der Waals surface area contributed by atoms with Gasteiger partial charge in [-0.3, -0.25) is 14.1 Å². The number of phosphoric ester groups is 1. The number of hydrogen-bond donors (Lipinski definition) is 2. The van der Waals surface area contributed by atoms with Crippen LogP contribution in [-0.4, -0.2) is 41.0 Å². The molecule has 9 heteroatoms. The van der Waals surface area contributed by atoms with E-state index in [4.69, 9.17) is 19.3 Å². The predicted molar refractivity (Wildman–Crippen MR) is 156 cm³/mol. The van der Waals surface area contributed by atoms with Crippen molar-refractivity contribution in [3.8, 4) is 0 Å². The first kappa shape index (κ1) is 37.3. The lowest BCUT2D eigenvalue weighted by molar-refractivity contribution is -0.161. The van der Waals surface area contributed by atoms with Gasteiger partial charge in [-0.25, -0.2) is 4.57 Å². The molecule has 0 aliphatic heterocycles. The number of hydrogen-bond acceptors (Lipinski definition) is 6. The van der Waals surface area contributed by atoms with Gasteiger partial charge in [-0.2, -0.15) is 0 Å². The van der Waals surface area contributed by atoms with Crippen molar-refractivity contribution in [2.24, 2.45) is 0 Å². The molecule has 0 saturated heterocycles. The highest BCUT2D eigenvalue weighted by Crippen LogP contribution is 2.35. The Morgan fingerprint density at radius 1 is 0.667 bits per heavy atom. The van der Waals surface area contributed by atoms with Crippen LogP contribution in [0.3, 0.4) is 0 Å². The van der Waals surface area contributed by atoms with Crippen LogP contribution in [-0.2, 0) is 28.2 Å². The number of carbonyl (C=O) groups excluding carboxylic acids is 2. The maximum atomic E-state index is 12.1. The van der Waals surface area contributed by atoms with Gasteiger partial charge in [0.25, 0.3) is 0 Å². The summed E-state index contributed by atoms with van der Waals surface area (Å²) in [5.41, 5.74) is 0. The third-order valence-electron chi connectivity index (χ3n) is 5.91. The molecule has 0 amide bonds. The van der Waals surface area contributed by atoms with E-state index in [9.17, 15) is 14.2 Å². The molecule has 0 bridgehead atoms. The number of unbranched alkanes of at least 4 members (excludes halogenated alkanes) is 10. The Morgan fingerprint density at radius 3 is 1.77 bits per heavy atom. The molecule has 0 spiro atoms. The van der Waals surface area contributed by atoms with Gasteiger partial charge in [0, 0.05) is 12.8 Å². The average molecular weight is 573 g/mol. The summed E-state index contributed by atoms with van der Waals surface area (Å²) in [4.78, 5) is 41.6. The molecule has 0 aliphatic rings. The average Bonchev–Trinajstić information content (AvgIpc) is 2.89. The summed E-state index contributed by atoms with van der Waals surface area (Å²) >= 11 is 0. The normalized spacial score (nSPS) is 13.0. The molecule has 226 valence electrons. The lowest BCUT2D eigenvalue weighted by Gasteiger charge is -2.18. The molecule has 1 unspecified atom stereocenters. The molecular formula is C30H53O8P. The molecular weight excluding hydrogens is 519 g/mol. The van der Waals surface area contributed by atoms with Crippen LogP contribution < -0.4 is 0 Å². The second-order valence-electron chi connectivity index (χ2n) is 9.73. The lowest BCUT2D eigenvalue weighted by Crippen LogP contribution is -2.29. The summed E-state index contributed by atoms with van der Waals surface area (Å²) < 4.78 is 25.7. The van der Waals surface area contributed by atoms with E-state index in [0.29, 0.717) is 12.8 Å². The molecule has 0 saturated carbocycles. The maximum absolute atomic E-state index is 12.1. The molecule has 0 aliphatic carbocycles. The summed E-state index contributed by atoms with van der Waals surface area (Å²) in [5, 5.41) is 0. The first-order valence-electron chi connectivity index (χ1n) is 14.8. The van der Waals surface area contributed by atoms with Crippen LogP contribution >= 0.6 is 7.82 Å². The molecule has 0 rings (SSSR count). The van der Waals surface area contributed by atoms with Crippen LogP contribution in [0.1, 0.15) is 123 Å². The van der Waals surface area contributed by atoms with Gasteiger partial charge in [-0.05, 0) is 51.4 Å². The zero-order valence-corrected chi connectivity index (χ0v) is 25.2. The predicted octanol–water partition coefficient (Wildman–Crippen LogP) is 7.89. The Bertz CT molecular complexity index is 741. The minimum Gasteiger partial charge on any atom is -0.462 e. The fourth-order valence-electron chi connectivity index (χ4n) is 3.65. The first-order valence-corrected chi connectivity index (χ1v) is 16.3. The summed E-state index contributed by atoms with van der Waals surface area (Å²) in [5.74, 6) is -0.945. The van der Waals surface area contributed by atoms with Crippen LogP contribution in [0, 0.1) is 0 Å². The molecule has 0 radical (unpaired) electrons. The summed E-state index contributed by atoms with van der Waals surface area (Å²) in [7, 11) is -4.73. The van der Waals surface area contributed by atoms with E-state index in [-0.39, 0.29) is 19.4 Å². The van der Waals surface area contributed by atoms with E-state index in [1.165, 1.54) is 25.7 Å². The Kier molecular flexibility index (Phi) is 25.3. The van der Waals surface area contributed by atoms with E-state index in [0.717, 1.165) is 57.8 Å². The van der Waals surface area contributed by atoms with Crippen molar-refractivity contribution in [3.63, 3.8) is 0 Å². The van der Waals surface area contributed by atoms with E-state index in [1.54, 1.807) is 0 Å². The highest BCUT2D eigenvalue weighted by atomic mass is 31.2. The van der Waals surface area contributed by atoms with Gasteiger partial charge in [0.1, 0.15) is 6.61 Å². The number of esters is 2. The molecule has 2 N–H and O–H groups in total. The monoisotopic (exact) mass is 572 g/mol. The lowest BCUT2D eigenvalue weighted by atomic mass is 10.1. The summed E-state index contributed by atoms with van der Waals surface area (Å²) in [6.07, 6.45) is 28.5. The molecule has 1 atom stereocenters. The highest BCUT2D eigenvalue weighted by molar-refractivity contribution is 7.46. The third-order valence-corrected chi connectivity index (χ3v) is 6.40. The molecule has 8 nitrogen and oxygen atoms in total. The first-order chi connectivity index (χ1) is 18.8. The Labute approximate surface area is 236 Å². The molecule has 0 fully saturated rings.